The van der Waals surface area contributed by atoms with E-state index in [-0.39, 0.29) is 0 Å². The molecule has 0 saturated heterocycles. The molecule has 0 amide bonds. The maximum atomic E-state index is 3.76. The van der Waals surface area contributed by atoms with Crippen molar-refractivity contribution >= 4 is 0 Å². The van der Waals surface area contributed by atoms with Crippen molar-refractivity contribution in [2.75, 3.05) is 0 Å². The van der Waals surface area contributed by atoms with Crippen molar-refractivity contribution < 1.29 is 0 Å². The van der Waals surface area contributed by atoms with Crippen LogP contribution >= 0.6 is 0 Å². The second-order valence-corrected chi connectivity index (χ2v) is 5.49. The van der Waals surface area contributed by atoms with Crippen LogP contribution in [0.3, 0.4) is 0 Å². The van der Waals surface area contributed by atoms with Crippen LogP contribution in [0.2, 0.25) is 0 Å². The summed E-state index contributed by atoms with van der Waals surface area (Å²) in [6, 6.07) is 6.56. The maximum Gasteiger partial charge on any atom is 0.0215 e. The van der Waals surface area contributed by atoms with Gasteiger partial charge in [-0.2, -0.15) is 0 Å². The highest BCUT2D eigenvalue weighted by atomic mass is 15.0. The quantitative estimate of drug-likeness (QED) is 0.813. The second kappa shape index (κ2) is 4.58. The molecule has 0 heterocycles. The van der Waals surface area contributed by atoms with Gasteiger partial charge in [0.1, 0.15) is 0 Å². The van der Waals surface area contributed by atoms with E-state index in [1.54, 1.807) is 0 Å². The van der Waals surface area contributed by atoms with Gasteiger partial charge in [0.15, 0.2) is 0 Å². The van der Waals surface area contributed by atoms with Gasteiger partial charge in [0.2, 0.25) is 0 Å². The highest BCUT2D eigenvalue weighted by Gasteiger charge is 2.27. The molecule has 88 valence electrons. The molecule has 0 bridgehead atoms. The van der Waals surface area contributed by atoms with Crippen molar-refractivity contribution in [2.45, 2.75) is 58.5 Å². The minimum Gasteiger partial charge on any atom is -0.307 e. The molecule has 1 heteroatoms. The Bertz CT molecular complexity index is 341. The van der Waals surface area contributed by atoms with Crippen molar-refractivity contribution in [3.8, 4) is 0 Å². The average molecular weight is 217 g/mol. The van der Waals surface area contributed by atoms with E-state index in [4.69, 9.17) is 0 Å². The normalized spacial score (nSPS) is 18.9. The Morgan fingerprint density at radius 1 is 1.12 bits per heavy atom. The van der Waals surface area contributed by atoms with Crippen LogP contribution in [-0.2, 0) is 6.54 Å². The summed E-state index contributed by atoms with van der Waals surface area (Å²) in [5.41, 5.74) is 4.69. The number of nitrogens with one attached hydrogen (secondary N) is 1. The first-order chi connectivity index (χ1) is 7.61. The van der Waals surface area contributed by atoms with E-state index in [2.05, 4.69) is 44.3 Å². The molecule has 0 aliphatic heterocycles. The molecular weight excluding hydrogens is 194 g/mol. The molecule has 0 aromatic heterocycles. The monoisotopic (exact) mass is 217 g/mol. The van der Waals surface area contributed by atoms with Gasteiger partial charge in [0.25, 0.3) is 0 Å². The zero-order valence-electron chi connectivity index (χ0n) is 10.8. The van der Waals surface area contributed by atoms with Crippen LogP contribution in [0.25, 0.3) is 0 Å². The maximum absolute atomic E-state index is 3.76. The molecule has 1 fully saturated rings. The molecule has 1 N–H and O–H groups in total. The summed E-state index contributed by atoms with van der Waals surface area (Å²) >= 11 is 0. The summed E-state index contributed by atoms with van der Waals surface area (Å²) in [5, 5.41) is 3.76. The molecule has 1 aliphatic carbocycles. The molecule has 0 spiro atoms. The Balaban J connectivity index is 2.04. The van der Waals surface area contributed by atoms with Crippen molar-refractivity contribution in [3.05, 3.63) is 34.9 Å². The summed E-state index contributed by atoms with van der Waals surface area (Å²) in [7, 11) is 0. The van der Waals surface area contributed by atoms with Gasteiger partial charge in [-0.1, -0.05) is 31.0 Å². The first-order valence-corrected chi connectivity index (χ1v) is 6.41. The first kappa shape index (κ1) is 11.7. The third kappa shape index (κ3) is 2.46. The molecule has 0 radical (unpaired) electrons. The third-order valence-electron chi connectivity index (χ3n) is 4.04. The van der Waals surface area contributed by atoms with Crippen LogP contribution in [0, 0.1) is 13.8 Å². The van der Waals surface area contributed by atoms with Crippen molar-refractivity contribution in [1.82, 2.24) is 5.32 Å². The van der Waals surface area contributed by atoms with E-state index in [1.807, 2.05) is 0 Å². The van der Waals surface area contributed by atoms with Crippen LogP contribution in [0.4, 0.5) is 0 Å². The largest absolute Gasteiger partial charge is 0.307 e. The molecule has 0 atom stereocenters. The lowest BCUT2D eigenvalue weighted by atomic mass is 9.98. The Hall–Kier alpha value is -0.820. The fraction of sp³-hybridized carbons (Fsp3) is 0.600. The van der Waals surface area contributed by atoms with Gasteiger partial charge < -0.3 is 5.32 Å². The standard InChI is InChI=1S/C15H23N/c1-12-7-6-8-13(2)14(12)11-16-15(3)9-4-5-10-15/h6-8,16H,4-5,9-11H2,1-3H3. The predicted molar refractivity (Wildman–Crippen MR) is 69.6 cm³/mol. The van der Waals surface area contributed by atoms with Gasteiger partial charge in [-0.25, -0.2) is 0 Å². The molecule has 16 heavy (non-hydrogen) atoms. The molecule has 1 aromatic carbocycles. The van der Waals surface area contributed by atoms with Crippen LogP contribution < -0.4 is 5.32 Å². The van der Waals surface area contributed by atoms with E-state index >= 15 is 0 Å². The van der Waals surface area contributed by atoms with E-state index < -0.39 is 0 Å². The minimum absolute atomic E-state index is 0.384. The summed E-state index contributed by atoms with van der Waals surface area (Å²) in [4.78, 5) is 0. The van der Waals surface area contributed by atoms with E-state index in [1.165, 1.54) is 42.4 Å². The molecular formula is C15H23N. The van der Waals surface area contributed by atoms with Crippen LogP contribution in [0.1, 0.15) is 49.3 Å². The number of hydrogen-bond acceptors (Lipinski definition) is 1. The van der Waals surface area contributed by atoms with Gasteiger partial charge in [0.05, 0.1) is 0 Å². The fourth-order valence-corrected chi connectivity index (χ4v) is 2.76. The van der Waals surface area contributed by atoms with Gasteiger partial charge in [-0.15, -0.1) is 0 Å². The molecule has 1 nitrogen and oxygen atoms in total. The van der Waals surface area contributed by atoms with Crippen LogP contribution in [0.15, 0.2) is 18.2 Å². The summed E-state index contributed by atoms with van der Waals surface area (Å²) in [6.45, 7) is 7.81. The first-order valence-electron chi connectivity index (χ1n) is 6.41. The molecule has 1 aliphatic rings. The Labute approximate surface area is 99.3 Å². The lowest BCUT2D eigenvalue weighted by molar-refractivity contribution is 0.362. The predicted octanol–water partition coefficient (Wildman–Crippen LogP) is 3.73. The summed E-state index contributed by atoms with van der Waals surface area (Å²) in [5.74, 6) is 0. The number of benzene rings is 1. The number of aryl methyl sites for hydroxylation is 2. The topological polar surface area (TPSA) is 12.0 Å². The van der Waals surface area contributed by atoms with Crippen LogP contribution in [-0.4, -0.2) is 5.54 Å². The number of rotatable bonds is 3. The lowest BCUT2D eigenvalue weighted by Gasteiger charge is -2.26. The number of hydrogen-bond donors (Lipinski definition) is 1. The molecule has 0 unspecified atom stereocenters. The second-order valence-electron chi connectivity index (χ2n) is 5.49. The third-order valence-corrected chi connectivity index (χ3v) is 4.04. The van der Waals surface area contributed by atoms with Gasteiger partial charge >= 0.3 is 0 Å². The van der Waals surface area contributed by atoms with E-state index in [9.17, 15) is 0 Å². The Morgan fingerprint density at radius 2 is 1.69 bits per heavy atom. The van der Waals surface area contributed by atoms with Gasteiger partial charge in [-0.05, 0) is 50.3 Å². The molecule has 2 rings (SSSR count). The Kier molecular flexibility index (Phi) is 3.34. The van der Waals surface area contributed by atoms with Crippen molar-refractivity contribution in [3.63, 3.8) is 0 Å². The smallest absolute Gasteiger partial charge is 0.0215 e. The highest BCUT2D eigenvalue weighted by Crippen LogP contribution is 2.29. The SMILES string of the molecule is Cc1cccc(C)c1CNC1(C)CCCC1. The fourth-order valence-electron chi connectivity index (χ4n) is 2.76. The zero-order chi connectivity index (χ0) is 11.6. The van der Waals surface area contributed by atoms with Crippen molar-refractivity contribution in [1.29, 1.82) is 0 Å². The zero-order valence-corrected chi connectivity index (χ0v) is 10.8. The molecule has 1 aromatic rings. The van der Waals surface area contributed by atoms with E-state index in [0.717, 1.165) is 6.54 Å². The van der Waals surface area contributed by atoms with E-state index in [0.29, 0.717) is 5.54 Å². The average Bonchev–Trinajstić information content (AvgIpc) is 2.65. The highest BCUT2D eigenvalue weighted by molar-refractivity contribution is 5.33. The van der Waals surface area contributed by atoms with Crippen molar-refractivity contribution in [2.24, 2.45) is 0 Å². The Morgan fingerprint density at radius 3 is 2.25 bits per heavy atom. The summed E-state index contributed by atoms with van der Waals surface area (Å²) < 4.78 is 0. The van der Waals surface area contributed by atoms with Gasteiger partial charge in [0, 0.05) is 12.1 Å². The van der Waals surface area contributed by atoms with Gasteiger partial charge in [-0.3, -0.25) is 0 Å². The van der Waals surface area contributed by atoms with Crippen LogP contribution in [0.5, 0.6) is 0 Å². The minimum atomic E-state index is 0.384. The molecule has 1 saturated carbocycles. The summed E-state index contributed by atoms with van der Waals surface area (Å²) in [6.07, 6.45) is 5.43. The lowest BCUT2D eigenvalue weighted by Crippen LogP contribution is -2.39.